The maximum absolute atomic E-state index is 13.3. The highest BCUT2D eigenvalue weighted by Gasteiger charge is 2.15. The number of anilines is 1. The van der Waals surface area contributed by atoms with Crippen LogP contribution in [0.25, 0.3) is 0 Å². The van der Waals surface area contributed by atoms with Crippen LogP contribution >= 0.6 is 11.6 Å². The molecular formula is C19H22ClFN2O5S. The zero-order chi connectivity index (χ0) is 21.4. The summed E-state index contributed by atoms with van der Waals surface area (Å²) >= 11 is 5.76. The van der Waals surface area contributed by atoms with Crippen molar-refractivity contribution in [1.29, 1.82) is 0 Å². The van der Waals surface area contributed by atoms with E-state index in [0.717, 1.165) is 11.8 Å². The van der Waals surface area contributed by atoms with Crippen LogP contribution in [0.5, 0.6) is 5.75 Å². The van der Waals surface area contributed by atoms with Crippen LogP contribution in [0.4, 0.5) is 14.9 Å². The fourth-order valence-corrected chi connectivity index (χ4v) is 3.12. The molecule has 158 valence electrons. The molecule has 0 saturated carbocycles. The summed E-state index contributed by atoms with van der Waals surface area (Å²) in [7, 11) is -2.03. The molecule has 0 radical (unpaired) electrons. The summed E-state index contributed by atoms with van der Waals surface area (Å²) in [6, 6.07) is 9.91. The molecule has 2 amide bonds. The van der Waals surface area contributed by atoms with Crippen LogP contribution in [0.2, 0.25) is 5.02 Å². The van der Waals surface area contributed by atoms with Crippen LogP contribution in [-0.2, 0) is 21.4 Å². The van der Waals surface area contributed by atoms with E-state index in [-0.39, 0.29) is 23.3 Å². The Kier molecular flexibility index (Phi) is 8.24. The SMILES string of the molecule is COCCCN(Cc1ccc(OS(C)(=O)=O)cc1)C(=O)Nc1ccc(F)c(Cl)c1. The summed E-state index contributed by atoms with van der Waals surface area (Å²) in [5.74, 6) is -0.384. The minimum Gasteiger partial charge on any atom is -0.385 e. The predicted octanol–water partition coefficient (Wildman–Crippen LogP) is 3.89. The van der Waals surface area contributed by atoms with Gasteiger partial charge in [-0.25, -0.2) is 9.18 Å². The van der Waals surface area contributed by atoms with Crippen molar-refractivity contribution in [2.24, 2.45) is 0 Å². The molecule has 0 bridgehead atoms. The molecule has 0 heterocycles. The molecule has 0 atom stereocenters. The third-order valence-corrected chi connectivity index (χ3v) is 4.56. The third kappa shape index (κ3) is 7.88. The molecule has 1 N–H and O–H groups in total. The Morgan fingerprint density at radius 2 is 1.90 bits per heavy atom. The Labute approximate surface area is 174 Å². The number of hydrogen-bond acceptors (Lipinski definition) is 5. The van der Waals surface area contributed by atoms with E-state index in [9.17, 15) is 17.6 Å². The van der Waals surface area contributed by atoms with Gasteiger partial charge in [0.2, 0.25) is 0 Å². The van der Waals surface area contributed by atoms with Crippen LogP contribution < -0.4 is 9.50 Å². The van der Waals surface area contributed by atoms with Gasteiger partial charge in [-0.3, -0.25) is 0 Å². The van der Waals surface area contributed by atoms with Crippen molar-refractivity contribution in [1.82, 2.24) is 4.90 Å². The van der Waals surface area contributed by atoms with Crippen molar-refractivity contribution in [2.75, 3.05) is 31.8 Å². The van der Waals surface area contributed by atoms with Gasteiger partial charge in [0, 0.05) is 32.5 Å². The number of rotatable bonds is 9. The lowest BCUT2D eigenvalue weighted by Crippen LogP contribution is -2.35. The predicted molar refractivity (Wildman–Crippen MR) is 109 cm³/mol. The Bertz CT molecular complexity index is 938. The van der Waals surface area contributed by atoms with Gasteiger partial charge in [-0.2, -0.15) is 8.42 Å². The maximum atomic E-state index is 13.3. The lowest BCUT2D eigenvalue weighted by molar-refractivity contribution is 0.171. The Morgan fingerprint density at radius 3 is 2.48 bits per heavy atom. The fourth-order valence-electron chi connectivity index (χ4n) is 2.47. The topological polar surface area (TPSA) is 84.9 Å². The van der Waals surface area contributed by atoms with Crippen LogP contribution in [0.1, 0.15) is 12.0 Å². The number of amides is 2. The number of nitrogens with one attached hydrogen (secondary N) is 1. The van der Waals surface area contributed by atoms with Gasteiger partial charge in [-0.15, -0.1) is 0 Å². The number of ether oxygens (including phenoxy) is 1. The minimum absolute atomic E-state index is 0.0878. The summed E-state index contributed by atoms with van der Waals surface area (Å²) in [6.07, 6.45) is 1.58. The second kappa shape index (κ2) is 10.4. The second-order valence-electron chi connectivity index (χ2n) is 6.26. The van der Waals surface area contributed by atoms with Crippen LogP contribution in [0, 0.1) is 5.82 Å². The molecule has 0 fully saturated rings. The molecule has 2 aromatic rings. The summed E-state index contributed by atoms with van der Waals surface area (Å²) in [5.41, 5.74) is 1.14. The molecule has 29 heavy (non-hydrogen) atoms. The number of benzene rings is 2. The van der Waals surface area contributed by atoms with E-state index in [1.165, 1.54) is 30.3 Å². The van der Waals surface area contributed by atoms with E-state index < -0.39 is 15.9 Å². The first-order chi connectivity index (χ1) is 13.7. The van der Waals surface area contributed by atoms with Crippen LogP contribution in [0.3, 0.4) is 0 Å². The number of carbonyl (C=O) groups is 1. The zero-order valence-corrected chi connectivity index (χ0v) is 17.6. The van der Waals surface area contributed by atoms with Crippen LogP contribution in [0.15, 0.2) is 42.5 Å². The summed E-state index contributed by atoms with van der Waals surface area (Å²) in [6.45, 7) is 1.16. The van der Waals surface area contributed by atoms with Gasteiger partial charge in [0.1, 0.15) is 11.6 Å². The van der Waals surface area contributed by atoms with Gasteiger partial charge in [0.05, 0.1) is 11.3 Å². The first-order valence-electron chi connectivity index (χ1n) is 8.66. The van der Waals surface area contributed by atoms with Crippen molar-refractivity contribution >= 4 is 33.4 Å². The molecule has 0 aliphatic carbocycles. The number of hydrogen-bond donors (Lipinski definition) is 1. The van der Waals surface area contributed by atoms with E-state index in [1.54, 1.807) is 24.1 Å². The van der Waals surface area contributed by atoms with E-state index in [2.05, 4.69) is 5.32 Å². The lowest BCUT2D eigenvalue weighted by atomic mass is 10.2. The van der Waals surface area contributed by atoms with E-state index in [1.807, 2.05) is 0 Å². The standard InChI is InChI=1S/C19H22ClFN2O5S/c1-27-11-3-10-23(19(24)22-15-6-9-18(21)17(20)12-15)13-14-4-7-16(8-5-14)28-29(2,25)26/h4-9,12H,3,10-11,13H2,1-2H3,(H,22,24). The molecule has 10 heteroatoms. The molecular weight excluding hydrogens is 423 g/mol. The van der Waals surface area contributed by atoms with Crippen molar-refractivity contribution in [2.45, 2.75) is 13.0 Å². The Morgan fingerprint density at radius 1 is 1.21 bits per heavy atom. The zero-order valence-electron chi connectivity index (χ0n) is 16.0. The normalized spacial score (nSPS) is 11.2. The second-order valence-corrected chi connectivity index (χ2v) is 8.24. The Balaban J connectivity index is 2.09. The number of nitrogens with zero attached hydrogens (tertiary/aromatic N) is 1. The third-order valence-electron chi connectivity index (χ3n) is 3.78. The maximum Gasteiger partial charge on any atom is 0.322 e. The summed E-state index contributed by atoms with van der Waals surface area (Å²) in [5, 5.41) is 2.60. The van der Waals surface area contributed by atoms with Gasteiger partial charge < -0.3 is 19.1 Å². The molecule has 0 aromatic heterocycles. The molecule has 0 aliphatic rings. The van der Waals surface area contributed by atoms with E-state index >= 15 is 0 Å². The average Bonchev–Trinajstić information content (AvgIpc) is 2.64. The van der Waals surface area contributed by atoms with E-state index in [4.69, 9.17) is 20.5 Å². The van der Waals surface area contributed by atoms with Gasteiger partial charge >= 0.3 is 16.1 Å². The highest BCUT2D eigenvalue weighted by atomic mass is 35.5. The first-order valence-corrected chi connectivity index (χ1v) is 10.9. The van der Waals surface area contributed by atoms with Crippen LogP contribution in [-0.4, -0.2) is 45.9 Å². The minimum atomic E-state index is -3.61. The van der Waals surface area contributed by atoms with Gasteiger partial charge in [-0.05, 0) is 42.3 Å². The lowest BCUT2D eigenvalue weighted by Gasteiger charge is -2.23. The highest BCUT2D eigenvalue weighted by Crippen LogP contribution is 2.20. The molecule has 0 aliphatic heterocycles. The number of methoxy groups -OCH3 is 1. The quantitative estimate of drug-likeness (QED) is 0.468. The molecule has 2 aromatic carbocycles. The molecule has 0 spiro atoms. The van der Waals surface area contributed by atoms with Crippen molar-refractivity contribution in [3.8, 4) is 5.75 Å². The largest absolute Gasteiger partial charge is 0.385 e. The summed E-state index contributed by atoms with van der Waals surface area (Å²) < 4.78 is 45.5. The van der Waals surface area contributed by atoms with Gasteiger partial charge in [0.25, 0.3) is 0 Å². The molecule has 2 rings (SSSR count). The number of halogens is 2. The summed E-state index contributed by atoms with van der Waals surface area (Å²) in [4.78, 5) is 14.3. The van der Waals surface area contributed by atoms with Gasteiger partial charge in [0.15, 0.2) is 0 Å². The van der Waals surface area contributed by atoms with Crippen molar-refractivity contribution in [3.05, 3.63) is 58.9 Å². The first kappa shape index (κ1) is 22.9. The van der Waals surface area contributed by atoms with Gasteiger partial charge in [-0.1, -0.05) is 23.7 Å². The fraction of sp³-hybridized carbons (Fsp3) is 0.316. The molecule has 0 saturated heterocycles. The smallest absolute Gasteiger partial charge is 0.322 e. The number of urea groups is 1. The molecule has 0 unspecified atom stereocenters. The monoisotopic (exact) mass is 444 g/mol. The average molecular weight is 445 g/mol. The Hall–Kier alpha value is -2.36. The van der Waals surface area contributed by atoms with Crippen molar-refractivity contribution in [3.63, 3.8) is 0 Å². The van der Waals surface area contributed by atoms with E-state index in [0.29, 0.717) is 25.3 Å². The van der Waals surface area contributed by atoms with Crippen molar-refractivity contribution < 1.29 is 26.5 Å². The molecule has 7 nitrogen and oxygen atoms in total. The highest BCUT2D eigenvalue weighted by molar-refractivity contribution is 7.86. The number of carbonyl (C=O) groups excluding carboxylic acids is 1.